The Morgan fingerprint density at radius 1 is 1.50 bits per heavy atom. The van der Waals surface area contributed by atoms with E-state index in [2.05, 4.69) is 0 Å². The summed E-state index contributed by atoms with van der Waals surface area (Å²) in [6.07, 6.45) is 0. The van der Waals surface area contributed by atoms with Gasteiger partial charge in [0.05, 0.1) is 0 Å². The maximum absolute atomic E-state index is 10.7. The monoisotopic (exact) mass is 452 g/mol. The Morgan fingerprint density at radius 3 is 2.62 bits per heavy atom. The number of aryl methyl sites for hydroxylation is 1. The van der Waals surface area contributed by atoms with Gasteiger partial charge in [-0.1, -0.05) is 0 Å². The van der Waals surface area contributed by atoms with E-state index >= 15 is 0 Å². The summed E-state index contributed by atoms with van der Waals surface area (Å²) < 4.78 is 6.01. The van der Waals surface area contributed by atoms with Crippen LogP contribution in [0.4, 0.5) is 0 Å². The van der Waals surface area contributed by atoms with E-state index in [0.717, 1.165) is 14.2 Å². The topological polar surface area (TPSA) is 57.8 Å². The first kappa shape index (κ1) is 16.2. The third-order valence-electron chi connectivity index (χ3n) is 1.94. The van der Waals surface area contributed by atoms with E-state index in [1.807, 2.05) is 19.1 Å². The molecule has 0 saturated heterocycles. The summed E-state index contributed by atoms with van der Waals surface area (Å²) in [5, 5.41) is 0.679. The van der Waals surface area contributed by atoms with E-state index in [0.29, 0.717) is 5.02 Å². The summed E-state index contributed by atoms with van der Waals surface area (Å²) in [5.74, 6) is -0.301. The Kier molecular flexibility index (Phi) is 7.56. The van der Waals surface area contributed by atoms with Gasteiger partial charge in [0.2, 0.25) is 0 Å². The van der Waals surface area contributed by atoms with E-state index in [4.69, 9.17) is 24.6 Å². The summed E-state index contributed by atoms with van der Waals surface area (Å²) in [6.45, 7) is 3.59. The summed E-state index contributed by atoms with van der Waals surface area (Å²) in [5.41, 5.74) is 1.96. The molecule has 0 aliphatic rings. The number of carbonyl (C=O) groups excluding carboxylic acids is 1. The molecule has 16 heavy (non-hydrogen) atoms. The SMILES string of the molecule is CC(=O)OCc1cc(C)c[c]([Hg][Cl])c1Cl.O. The minimum atomic E-state index is -1.52. The Bertz CT molecular complexity index is 383. The average Bonchev–Trinajstić information content (AvgIpc) is 2.18. The van der Waals surface area contributed by atoms with Crippen LogP contribution in [0.25, 0.3) is 0 Å². The van der Waals surface area contributed by atoms with Crippen molar-refractivity contribution in [2.24, 2.45) is 0 Å². The summed E-state index contributed by atoms with van der Waals surface area (Å²) in [6, 6.07) is 3.95. The summed E-state index contributed by atoms with van der Waals surface area (Å²) >= 11 is 4.62. The third kappa shape index (κ3) is 4.58. The van der Waals surface area contributed by atoms with Crippen molar-refractivity contribution in [3.05, 3.63) is 28.3 Å². The van der Waals surface area contributed by atoms with Crippen LogP contribution < -0.4 is 3.07 Å². The third-order valence-corrected chi connectivity index (χ3v) is 9.11. The zero-order valence-corrected chi connectivity index (χ0v) is 16.2. The number of esters is 1. The molecule has 1 aromatic carbocycles. The Labute approximate surface area is 115 Å². The van der Waals surface area contributed by atoms with Gasteiger partial charge in [0.15, 0.2) is 0 Å². The molecule has 0 heterocycles. The molecular formula is C10H12Cl2HgO3. The molecule has 0 fully saturated rings. The Hall–Kier alpha value is 0.165. The zero-order chi connectivity index (χ0) is 11.4. The van der Waals surface area contributed by atoms with Gasteiger partial charge in [-0.2, -0.15) is 0 Å². The molecule has 0 aromatic heterocycles. The van der Waals surface area contributed by atoms with Gasteiger partial charge >= 0.3 is 110 Å². The van der Waals surface area contributed by atoms with Gasteiger partial charge in [-0.3, -0.25) is 0 Å². The molecule has 0 saturated carbocycles. The molecule has 6 heteroatoms. The molecule has 2 N–H and O–H groups in total. The van der Waals surface area contributed by atoms with Gasteiger partial charge in [0, 0.05) is 0 Å². The van der Waals surface area contributed by atoms with E-state index < -0.39 is 23.3 Å². The number of hydrogen-bond acceptors (Lipinski definition) is 2. The van der Waals surface area contributed by atoms with Gasteiger partial charge in [-0.05, 0) is 0 Å². The molecular weight excluding hydrogens is 440 g/mol. The Balaban J connectivity index is 0.00000225. The van der Waals surface area contributed by atoms with Crippen molar-refractivity contribution >= 4 is 28.9 Å². The van der Waals surface area contributed by atoms with Crippen LogP contribution in [0.2, 0.25) is 5.02 Å². The fourth-order valence-electron chi connectivity index (χ4n) is 1.31. The predicted octanol–water partition coefficient (Wildman–Crippen LogP) is 1.75. The van der Waals surface area contributed by atoms with Crippen molar-refractivity contribution in [3.8, 4) is 0 Å². The minimum absolute atomic E-state index is 0. The molecule has 86 valence electrons. The molecule has 1 aromatic rings. The second kappa shape index (κ2) is 7.48. The molecule has 1 rings (SSSR count). The van der Waals surface area contributed by atoms with Crippen LogP contribution in [0.5, 0.6) is 0 Å². The molecule has 0 aliphatic heterocycles. The maximum Gasteiger partial charge on any atom is -0.412 e. The smallest absolute Gasteiger partial charge is 0.412 e. The molecule has 0 spiro atoms. The first-order chi connectivity index (χ1) is 7.04. The average molecular weight is 452 g/mol. The van der Waals surface area contributed by atoms with Crippen LogP contribution in [0.3, 0.4) is 0 Å². The number of ether oxygens (including phenoxy) is 1. The second-order valence-corrected chi connectivity index (χ2v) is 10.0. The van der Waals surface area contributed by atoms with Gasteiger partial charge in [0.1, 0.15) is 0 Å². The number of hydrogen-bond donors (Lipinski definition) is 0. The normalized spacial score (nSPS) is 9.00. The predicted molar refractivity (Wildman–Crippen MR) is 60.8 cm³/mol. The molecule has 0 aliphatic carbocycles. The summed E-state index contributed by atoms with van der Waals surface area (Å²) in [7, 11) is 5.97. The quantitative estimate of drug-likeness (QED) is 0.519. The van der Waals surface area contributed by atoms with E-state index in [9.17, 15) is 4.79 Å². The van der Waals surface area contributed by atoms with Crippen molar-refractivity contribution in [2.45, 2.75) is 20.5 Å². The molecule has 0 atom stereocenters. The van der Waals surface area contributed by atoms with Crippen molar-refractivity contribution < 1.29 is 38.3 Å². The van der Waals surface area contributed by atoms with Crippen LogP contribution in [0.15, 0.2) is 12.1 Å². The Morgan fingerprint density at radius 2 is 2.12 bits per heavy atom. The van der Waals surface area contributed by atoms with Crippen molar-refractivity contribution in [1.82, 2.24) is 0 Å². The standard InChI is InChI=1S/C10H10ClO2.ClH.Hg.H2O/c1-7-3-4-10(11)9(5-7)6-13-8(2)12;;;/h3,5H,6H2,1-2H3;1H;;1H2/q;;+1;/p-1. The van der Waals surface area contributed by atoms with Gasteiger partial charge in [-0.15, -0.1) is 0 Å². The van der Waals surface area contributed by atoms with E-state index in [1.54, 1.807) is 0 Å². The first-order valence-corrected chi connectivity index (χ1v) is 14.4. The zero-order valence-electron chi connectivity index (χ0n) is 9.14. The molecule has 0 bridgehead atoms. The van der Waals surface area contributed by atoms with Crippen LogP contribution in [0.1, 0.15) is 18.1 Å². The van der Waals surface area contributed by atoms with Gasteiger partial charge in [0.25, 0.3) is 0 Å². The fourth-order valence-corrected chi connectivity index (χ4v) is 7.40. The second-order valence-electron chi connectivity index (χ2n) is 3.31. The maximum atomic E-state index is 10.7. The molecule has 0 amide bonds. The van der Waals surface area contributed by atoms with Crippen molar-refractivity contribution in [1.29, 1.82) is 0 Å². The van der Waals surface area contributed by atoms with E-state index in [-0.39, 0.29) is 18.1 Å². The molecule has 0 unspecified atom stereocenters. The number of rotatable bonds is 3. The minimum Gasteiger partial charge on any atom is -0.412 e. The number of benzene rings is 1. The van der Waals surface area contributed by atoms with Gasteiger partial charge < -0.3 is 5.48 Å². The number of halogens is 2. The van der Waals surface area contributed by atoms with Crippen molar-refractivity contribution in [3.63, 3.8) is 0 Å². The van der Waals surface area contributed by atoms with E-state index in [1.165, 1.54) is 6.92 Å². The van der Waals surface area contributed by atoms with Crippen LogP contribution in [-0.4, -0.2) is 11.4 Å². The van der Waals surface area contributed by atoms with Crippen LogP contribution in [0, 0.1) is 6.92 Å². The molecule has 3 nitrogen and oxygen atoms in total. The van der Waals surface area contributed by atoms with Crippen LogP contribution in [-0.2, 0) is 39.5 Å². The first-order valence-electron chi connectivity index (χ1n) is 4.51. The fraction of sp³-hybridized carbons (Fsp3) is 0.300. The van der Waals surface area contributed by atoms with Crippen LogP contribution >= 0.6 is 19.9 Å². The summed E-state index contributed by atoms with van der Waals surface area (Å²) in [4.78, 5) is 10.7. The van der Waals surface area contributed by atoms with Gasteiger partial charge in [-0.25, -0.2) is 0 Å². The number of carbonyl (C=O) groups is 1. The van der Waals surface area contributed by atoms with Crippen molar-refractivity contribution in [2.75, 3.05) is 0 Å². The largest absolute Gasteiger partial charge is 0.412 e. The molecule has 0 radical (unpaired) electrons.